The molecule has 1 aromatic carbocycles. The first-order valence-corrected chi connectivity index (χ1v) is 8.74. The van der Waals surface area contributed by atoms with Crippen molar-refractivity contribution in [3.8, 4) is 5.82 Å². The molecule has 3 rings (SSSR count). The number of nitrogens with zero attached hydrogens (tertiary/aromatic N) is 5. The van der Waals surface area contributed by atoms with Gasteiger partial charge in [-0.15, -0.1) is 0 Å². The fourth-order valence-electron chi connectivity index (χ4n) is 2.51. The van der Waals surface area contributed by atoms with Gasteiger partial charge < -0.3 is 0 Å². The van der Waals surface area contributed by atoms with Crippen molar-refractivity contribution < 1.29 is 0 Å². The van der Waals surface area contributed by atoms with Crippen molar-refractivity contribution in [3.63, 3.8) is 0 Å². The van der Waals surface area contributed by atoms with Crippen molar-refractivity contribution in [1.29, 1.82) is 0 Å². The third kappa shape index (κ3) is 4.03. The summed E-state index contributed by atoms with van der Waals surface area (Å²) >= 11 is 12.0. The summed E-state index contributed by atoms with van der Waals surface area (Å²) in [4.78, 5) is 8.83. The van der Waals surface area contributed by atoms with Gasteiger partial charge in [0.25, 0.3) is 0 Å². The summed E-state index contributed by atoms with van der Waals surface area (Å²) in [6.45, 7) is 7.64. The number of aromatic nitrogens is 4. The molecular weight excluding hydrogens is 371 g/mol. The third-order valence-electron chi connectivity index (χ3n) is 3.73. The Labute approximate surface area is 161 Å². The largest absolute Gasteiger partial charge is 0.261 e. The summed E-state index contributed by atoms with van der Waals surface area (Å²) in [5.41, 5.74) is 6.54. The average molecular weight is 389 g/mol. The molecule has 0 saturated carbocycles. The molecule has 0 fully saturated rings. The van der Waals surface area contributed by atoms with Gasteiger partial charge >= 0.3 is 0 Å². The lowest BCUT2D eigenvalue weighted by atomic mass is 10.1. The molecule has 0 spiro atoms. The first-order chi connectivity index (χ1) is 12.3. The smallest absolute Gasteiger partial charge is 0.159 e. The zero-order valence-corrected chi connectivity index (χ0v) is 16.4. The molecule has 0 unspecified atom stereocenters. The minimum Gasteiger partial charge on any atom is -0.261 e. The van der Waals surface area contributed by atoms with E-state index in [0.717, 1.165) is 22.7 Å². The van der Waals surface area contributed by atoms with E-state index in [0.29, 0.717) is 27.5 Å². The maximum Gasteiger partial charge on any atom is 0.159 e. The van der Waals surface area contributed by atoms with Crippen LogP contribution in [0.15, 0.2) is 35.4 Å². The number of anilines is 1. The molecule has 0 radical (unpaired) electrons. The number of benzene rings is 1. The fourth-order valence-corrected chi connectivity index (χ4v) is 2.80. The van der Waals surface area contributed by atoms with Crippen LogP contribution >= 0.6 is 23.2 Å². The minimum atomic E-state index is 0.489. The second kappa shape index (κ2) is 7.43. The second-order valence-electron chi connectivity index (χ2n) is 5.94. The molecule has 6 nitrogen and oxygen atoms in total. The molecule has 2 aromatic heterocycles. The quantitative estimate of drug-likeness (QED) is 0.517. The highest BCUT2D eigenvalue weighted by Gasteiger charge is 2.08. The van der Waals surface area contributed by atoms with E-state index < -0.39 is 0 Å². The Morgan fingerprint density at radius 2 is 1.81 bits per heavy atom. The van der Waals surface area contributed by atoms with Crippen molar-refractivity contribution in [2.75, 3.05) is 5.43 Å². The monoisotopic (exact) mass is 388 g/mol. The van der Waals surface area contributed by atoms with Gasteiger partial charge in [0, 0.05) is 11.8 Å². The van der Waals surface area contributed by atoms with Crippen molar-refractivity contribution in [1.82, 2.24) is 19.7 Å². The number of nitrogens with one attached hydrogen (secondary N) is 1. The molecule has 26 heavy (non-hydrogen) atoms. The van der Waals surface area contributed by atoms with Crippen LogP contribution in [0.25, 0.3) is 5.82 Å². The van der Waals surface area contributed by atoms with E-state index in [1.807, 2.05) is 39.8 Å². The Kier molecular flexibility index (Phi) is 5.25. The molecule has 0 amide bonds. The number of hydrogen-bond acceptors (Lipinski definition) is 5. The molecule has 0 aliphatic rings. The van der Waals surface area contributed by atoms with Crippen molar-refractivity contribution in [3.05, 3.63) is 63.2 Å². The van der Waals surface area contributed by atoms with E-state index in [4.69, 9.17) is 23.2 Å². The molecular formula is C18H18Cl2N6. The Balaban J connectivity index is 1.88. The minimum absolute atomic E-state index is 0.489. The van der Waals surface area contributed by atoms with E-state index in [-0.39, 0.29) is 0 Å². The van der Waals surface area contributed by atoms with Crippen LogP contribution in [-0.4, -0.2) is 25.5 Å². The first-order valence-electron chi connectivity index (χ1n) is 7.98. The van der Waals surface area contributed by atoms with E-state index in [1.165, 1.54) is 0 Å². The highest BCUT2D eigenvalue weighted by atomic mass is 35.5. The molecule has 1 N–H and O–H groups in total. The van der Waals surface area contributed by atoms with Gasteiger partial charge in [0.15, 0.2) is 11.6 Å². The highest BCUT2D eigenvalue weighted by molar-refractivity contribution is 6.42. The van der Waals surface area contributed by atoms with Gasteiger partial charge in [0.05, 0.1) is 21.5 Å². The Bertz CT molecular complexity index is 993. The van der Waals surface area contributed by atoms with Crippen LogP contribution in [0.4, 0.5) is 5.82 Å². The Hall–Kier alpha value is -2.44. The summed E-state index contributed by atoms with van der Waals surface area (Å²) in [6.07, 6.45) is 0. The molecule has 0 atom stereocenters. The van der Waals surface area contributed by atoms with E-state index in [9.17, 15) is 0 Å². The maximum absolute atomic E-state index is 6.06. The van der Waals surface area contributed by atoms with E-state index >= 15 is 0 Å². The second-order valence-corrected chi connectivity index (χ2v) is 6.75. The normalized spacial score (nSPS) is 11.7. The standard InChI is InChI=1S/C18H18Cl2N6/c1-10-7-11(2)26(25-10)18-9-17(21-13(4)22-18)24-23-12(3)14-5-6-15(19)16(20)8-14/h5-9H,1-4H3,(H,21,22,24)/b23-12-. The maximum atomic E-state index is 6.06. The molecule has 0 aliphatic heterocycles. The molecule has 2 heterocycles. The van der Waals surface area contributed by atoms with Crippen LogP contribution in [0, 0.1) is 20.8 Å². The predicted octanol–water partition coefficient (Wildman–Crippen LogP) is 4.73. The fraction of sp³-hybridized carbons (Fsp3) is 0.222. The van der Waals surface area contributed by atoms with Crippen LogP contribution in [0.1, 0.15) is 29.7 Å². The molecule has 8 heteroatoms. The lowest BCUT2D eigenvalue weighted by Crippen LogP contribution is -2.07. The number of halogens is 2. The van der Waals surface area contributed by atoms with Gasteiger partial charge in [-0.2, -0.15) is 10.2 Å². The summed E-state index contributed by atoms with van der Waals surface area (Å²) in [5.74, 6) is 1.90. The van der Waals surface area contributed by atoms with Gasteiger partial charge in [-0.1, -0.05) is 29.3 Å². The predicted molar refractivity (Wildman–Crippen MR) is 106 cm³/mol. The van der Waals surface area contributed by atoms with E-state index in [1.54, 1.807) is 22.9 Å². The SMILES string of the molecule is C/C(=N/Nc1cc(-n2nc(C)cc2C)nc(C)n1)c1ccc(Cl)c(Cl)c1. The summed E-state index contributed by atoms with van der Waals surface area (Å²) in [5, 5.41) is 9.84. The molecule has 0 aliphatic carbocycles. The van der Waals surface area contributed by atoms with Gasteiger partial charge in [0.1, 0.15) is 5.82 Å². The van der Waals surface area contributed by atoms with E-state index in [2.05, 4.69) is 25.6 Å². The molecule has 0 bridgehead atoms. The summed E-state index contributed by atoms with van der Waals surface area (Å²) < 4.78 is 1.78. The lowest BCUT2D eigenvalue weighted by molar-refractivity contribution is 0.793. The Morgan fingerprint density at radius 1 is 1.04 bits per heavy atom. The average Bonchev–Trinajstić information content (AvgIpc) is 2.93. The summed E-state index contributed by atoms with van der Waals surface area (Å²) in [6, 6.07) is 9.18. The van der Waals surface area contributed by atoms with Crippen molar-refractivity contribution in [2.24, 2.45) is 5.10 Å². The van der Waals surface area contributed by atoms with Gasteiger partial charge in [0.2, 0.25) is 0 Å². The van der Waals surface area contributed by atoms with Crippen LogP contribution < -0.4 is 5.43 Å². The zero-order valence-electron chi connectivity index (χ0n) is 14.9. The van der Waals surface area contributed by atoms with Crippen LogP contribution in [-0.2, 0) is 0 Å². The van der Waals surface area contributed by atoms with Gasteiger partial charge in [-0.05, 0) is 51.5 Å². The third-order valence-corrected chi connectivity index (χ3v) is 4.47. The lowest BCUT2D eigenvalue weighted by Gasteiger charge is -2.08. The molecule has 0 saturated heterocycles. The number of rotatable bonds is 4. The zero-order chi connectivity index (χ0) is 18.8. The van der Waals surface area contributed by atoms with Crippen molar-refractivity contribution >= 4 is 34.7 Å². The van der Waals surface area contributed by atoms with Crippen LogP contribution in [0.3, 0.4) is 0 Å². The molecule has 134 valence electrons. The summed E-state index contributed by atoms with van der Waals surface area (Å²) in [7, 11) is 0. The highest BCUT2D eigenvalue weighted by Crippen LogP contribution is 2.23. The number of aryl methyl sites for hydroxylation is 3. The van der Waals surface area contributed by atoms with Crippen molar-refractivity contribution in [2.45, 2.75) is 27.7 Å². The van der Waals surface area contributed by atoms with Crippen LogP contribution in [0.2, 0.25) is 10.0 Å². The topological polar surface area (TPSA) is 68.0 Å². The van der Waals surface area contributed by atoms with Crippen LogP contribution in [0.5, 0.6) is 0 Å². The number of hydrogen-bond donors (Lipinski definition) is 1. The van der Waals surface area contributed by atoms with Gasteiger partial charge in [-0.3, -0.25) is 5.43 Å². The first kappa shape index (κ1) is 18.4. The molecule has 3 aromatic rings. The number of hydrazone groups is 1. The van der Waals surface area contributed by atoms with Gasteiger partial charge in [-0.25, -0.2) is 14.6 Å². The Morgan fingerprint density at radius 3 is 2.46 bits per heavy atom.